The van der Waals surface area contributed by atoms with Crippen LogP contribution in [0.25, 0.3) is 0 Å². The van der Waals surface area contributed by atoms with Crippen LogP contribution in [0.3, 0.4) is 0 Å². The van der Waals surface area contributed by atoms with Gasteiger partial charge in [-0.1, -0.05) is 82.5 Å². The maximum absolute atomic E-state index is 10.2. The van der Waals surface area contributed by atoms with Crippen LogP contribution in [0.4, 0.5) is 0 Å². The van der Waals surface area contributed by atoms with Crippen LogP contribution in [0.2, 0.25) is 0 Å². The van der Waals surface area contributed by atoms with E-state index in [9.17, 15) is 5.11 Å². The molecule has 28 heavy (non-hydrogen) atoms. The van der Waals surface area contributed by atoms with Gasteiger partial charge in [0.2, 0.25) is 0 Å². The van der Waals surface area contributed by atoms with Gasteiger partial charge in [-0.15, -0.1) is 0 Å². The van der Waals surface area contributed by atoms with Gasteiger partial charge in [-0.25, -0.2) is 0 Å². The first-order valence-electron chi connectivity index (χ1n) is 11.0. The highest BCUT2D eigenvalue weighted by Crippen LogP contribution is 2.40. The maximum Gasteiger partial charge on any atom is 0.123 e. The summed E-state index contributed by atoms with van der Waals surface area (Å²) in [5.41, 5.74) is 3.95. The third-order valence-corrected chi connectivity index (χ3v) is 6.27. The average Bonchev–Trinajstić information content (AvgIpc) is 2.71. The van der Waals surface area contributed by atoms with Gasteiger partial charge < -0.3 is 9.84 Å². The highest BCUT2D eigenvalue weighted by molar-refractivity contribution is 5.43. The normalized spacial score (nSPS) is 20.1. The molecule has 0 spiro atoms. The molecular formula is C26H36O2. The highest BCUT2D eigenvalue weighted by Gasteiger charge is 2.27. The molecule has 1 fully saturated rings. The van der Waals surface area contributed by atoms with Crippen molar-refractivity contribution in [3.8, 4) is 5.75 Å². The van der Waals surface area contributed by atoms with Crippen LogP contribution >= 0.6 is 0 Å². The van der Waals surface area contributed by atoms with Crippen LogP contribution in [0.1, 0.15) is 88.3 Å². The Morgan fingerprint density at radius 2 is 1.86 bits per heavy atom. The number of ether oxygens (including phenoxy) is 1. The van der Waals surface area contributed by atoms with Gasteiger partial charge in [0, 0.05) is 0 Å². The lowest BCUT2D eigenvalue weighted by molar-refractivity contribution is 0.118. The van der Waals surface area contributed by atoms with Crippen molar-refractivity contribution in [1.29, 1.82) is 0 Å². The molecule has 0 radical (unpaired) electrons. The first kappa shape index (κ1) is 20.9. The Balaban J connectivity index is 1.87. The van der Waals surface area contributed by atoms with Crippen molar-refractivity contribution in [3.63, 3.8) is 0 Å². The van der Waals surface area contributed by atoms with Gasteiger partial charge in [-0.3, -0.25) is 0 Å². The van der Waals surface area contributed by atoms with Crippen molar-refractivity contribution in [2.75, 3.05) is 0 Å². The second-order valence-corrected chi connectivity index (χ2v) is 9.03. The molecule has 2 aromatic carbocycles. The van der Waals surface area contributed by atoms with Gasteiger partial charge in [-0.05, 0) is 59.8 Å². The molecule has 2 heteroatoms. The predicted molar refractivity (Wildman–Crippen MR) is 117 cm³/mol. The van der Waals surface area contributed by atoms with Gasteiger partial charge in [0.25, 0.3) is 0 Å². The number of hydrogen-bond acceptors (Lipinski definition) is 2. The Morgan fingerprint density at radius 3 is 2.57 bits per heavy atom. The Hall–Kier alpha value is -1.80. The summed E-state index contributed by atoms with van der Waals surface area (Å²) in [6, 6.07) is 17.2. The predicted octanol–water partition coefficient (Wildman–Crippen LogP) is 6.75. The van der Waals surface area contributed by atoms with Crippen LogP contribution in [-0.4, -0.2) is 11.2 Å². The number of benzene rings is 2. The van der Waals surface area contributed by atoms with Crippen molar-refractivity contribution in [2.45, 2.75) is 89.8 Å². The monoisotopic (exact) mass is 380 g/mol. The standard InChI is InChI=1S/C26H36O2/c1-4-5-16-26(2,3)22-14-15-24(21-12-9-13-23(27)17-21)25(18-22)28-19-20-10-7-6-8-11-20/h6-8,10-11,14-15,18,21,23,27H,4-5,9,12-13,16-17,19H2,1-3H3/t21-,23+/m0/s1. The molecule has 152 valence electrons. The van der Waals surface area contributed by atoms with E-state index in [0.29, 0.717) is 12.5 Å². The van der Waals surface area contributed by atoms with E-state index in [1.807, 2.05) is 6.07 Å². The van der Waals surface area contributed by atoms with Gasteiger partial charge in [0.05, 0.1) is 6.10 Å². The van der Waals surface area contributed by atoms with Crippen LogP contribution in [0.15, 0.2) is 48.5 Å². The van der Waals surface area contributed by atoms with E-state index >= 15 is 0 Å². The number of hydrogen-bond donors (Lipinski definition) is 1. The van der Waals surface area contributed by atoms with E-state index < -0.39 is 0 Å². The molecule has 3 rings (SSSR count). The van der Waals surface area contributed by atoms with Crippen molar-refractivity contribution in [1.82, 2.24) is 0 Å². The lowest BCUT2D eigenvalue weighted by atomic mass is 9.77. The number of rotatable bonds is 8. The zero-order valence-electron chi connectivity index (χ0n) is 17.8. The third kappa shape index (κ3) is 5.38. The molecule has 0 heterocycles. The molecule has 2 nitrogen and oxygen atoms in total. The molecule has 1 aliphatic carbocycles. The fraction of sp³-hybridized carbons (Fsp3) is 0.538. The van der Waals surface area contributed by atoms with E-state index in [2.05, 4.69) is 63.2 Å². The van der Waals surface area contributed by atoms with Crippen LogP contribution in [0, 0.1) is 0 Å². The zero-order chi connectivity index (χ0) is 20.0. The molecule has 2 aromatic rings. The lowest BCUT2D eigenvalue weighted by Crippen LogP contribution is -2.20. The zero-order valence-corrected chi connectivity index (χ0v) is 17.8. The summed E-state index contributed by atoms with van der Waals surface area (Å²) in [7, 11) is 0. The summed E-state index contributed by atoms with van der Waals surface area (Å²) in [5.74, 6) is 1.40. The largest absolute Gasteiger partial charge is 0.489 e. The smallest absolute Gasteiger partial charge is 0.123 e. The Morgan fingerprint density at radius 1 is 1.07 bits per heavy atom. The van der Waals surface area contributed by atoms with Gasteiger partial charge in [0.15, 0.2) is 0 Å². The van der Waals surface area contributed by atoms with Crippen LogP contribution < -0.4 is 4.74 Å². The SMILES string of the molecule is CCCCC(C)(C)c1ccc([C@H]2CCC[C@@H](O)C2)c(OCc2ccccc2)c1. The summed E-state index contributed by atoms with van der Waals surface area (Å²) >= 11 is 0. The molecule has 0 unspecified atom stereocenters. The summed E-state index contributed by atoms with van der Waals surface area (Å²) in [6.07, 6.45) is 7.47. The van der Waals surface area contributed by atoms with Crippen molar-refractivity contribution in [3.05, 3.63) is 65.2 Å². The number of unbranched alkanes of at least 4 members (excludes halogenated alkanes) is 1. The molecule has 0 saturated heterocycles. The summed E-state index contributed by atoms with van der Waals surface area (Å²) in [4.78, 5) is 0. The average molecular weight is 381 g/mol. The highest BCUT2D eigenvalue weighted by atomic mass is 16.5. The van der Waals surface area contributed by atoms with E-state index in [1.54, 1.807) is 0 Å². The van der Waals surface area contributed by atoms with Gasteiger partial charge in [0.1, 0.15) is 12.4 Å². The van der Waals surface area contributed by atoms with Gasteiger partial charge in [-0.2, -0.15) is 0 Å². The summed E-state index contributed by atoms with van der Waals surface area (Å²) < 4.78 is 6.37. The minimum absolute atomic E-state index is 0.144. The maximum atomic E-state index is 10.2. The Bertz CT molecular complexity index is 735. The minimum Gasteiger partial charge on any atom is -0.489 e. The second kappa shape index (κ2) is 9.60. The molecule has 0 amide bonds. The van der Waals surface area contributed by atoms with Crippen molar-refractivity contribution in [2.24, 2.45) is 0 Å². The van der Waals surface area contributed by atoms with E-state index in [1.165, 1.54) is 36.0 Å². The van der Waals surface area contributed by atoms with Crippen LogP contribution in [0.5, 0.6) is 5.75 Å². The molecule has 1 saturated carbocycles. The minimum atomic E-state index is -0.179. The fourth-order valence-corrected chi connectivity index (χ4v) is 4.36. The molecule has 0 aromatic heterocycles. The Labute approximate surface area is 170 Å². The Kier molecular flexibility index (Phi) is 7.18. The lowest BCUT2D eigenvalue weighted by Gasteiger charge is -2.30. The first-order chi connectivity index (χ1) is 13.5. The second-order valence-electron chi connectivity index (χ2n) is 9.03. The van der Waals surface area contributed by atoms with E-state index in [0.717, 1.165) is 31.4 Å². The van der Waals surface area contributed by atoms with Gasteiger partial charge >= 0.3 is 0 Å². The topological polar surface area (TPSA) is 29.5 Å². The van der Waals surface area contributed by atoms with Crippen LogP contribution in [-0.2, 0) is 12.0 Å². The molecule has 1 N–H and O–H groups in total. The molecule has 0 aliphatic heterocycles. The fourth-order valence-electron chi connectivity index (χ4n) is 4.36. The van der Waals surface area contributed by atoms with E-state index in [4.69, 9.17) is 4.74 Å². The molecular weight excluding hydrogens is 344 g/mol. The third-order valence-electron chi connectivity index (χ3n) is 6.27. The van der Waals surface area contributed by atoms with Crippen molar-refractivity contribution < 1.29 is 9.84 Å². The molecule has 2 atom stereocenters. The molecule has 1 aliphatic rings. The molecule has 0 bridgehead atoms. The summed E-state index contributed by atoms with van der Waals surface area (Å²) in [5, 5.41) is 10.2. The first-order valence-corrected chi connectivity index (χ1v) is 11.0. The van der Waals surface area contributed by atoms with E-state index in [-0.39, 0.29) is 11.5 Å². The van der Waals surface area contributed by atoms with Crippen molar-refractivity contribution >= 4 is 0 Å². The number of aliphatic hydroxyl groups is 1. The number of aliphatic hydroxyl groups excluding tert-OH is 1. The quantitative estimate of drug-likeness (QED) is 0.549. The summed E-state index contributed by atoms with van der Waals surface area (Å²) in [6.45, 7) is 7.51.